The van der Waals surface area contributed by atoms with Gasteiger partial charge in [0.05, 0.1) is 11.0 Å². The van der Waals surface area contributed by atoms with E-state index in [4.69, 9.17) is 5.26 Å². The first-order valence-corrected chi connectivity index (χ1v) is 7.65. The first kappa shape index (κ1) is 15.2. The molecule has 108 valence electrons. The number of nitriles is 1. The van der Waals surface area contributed by atoms with Gasteiger partial charge in [0.25, 0.3) is 0 Å². The average Bonchev–Trinajstić information content (AvgIpc) is 2.46. The Labute approximate surface area is 122 Å². The van der Waals surface area contributed by atoms with E-state index in [1.165, 1.54) is 36.4 Å². The Hall–Kier alpha value is -2.23. The molecule has 1 atom stereocenters. The van der Waals surface area contributed by atoms with Gasteiger partial charge in [0.1, 0.15) is 11.9 Å². The molecule has 2 aromatic rings. The van der Waals surface area contributed by atoms with Crippen LogP contribution in [-0.4, -0.2) is 8.42 Å². The minimum absolute atomic E-state index is 0.0791. The average molecular weight is 304 g/mol. The fourth-order valence-corrected chi connectivity index (χ4v) is 2.89. The number of rotatable bonds is 4. The second-order valence-corrected chi connectivity index (χ2v) is 6.26. The van der Waals surface area contributed by atoms with Crippen molar-refractivity contribution < 1.29 is 12.8 Å². The Morgan fingerprint density at radius 3 is 2.19 bits per heavy atom. The van der Waals surface area contributed by atoms with Crippen LogP contribution in [0.5, 0.6) is 0 Å². The predicted octanol–water partition coefficient (Wildman–Crippen LogP) is 2.68. The fraction of sp³-hybridized carbons (Fsp3) is 0.133. The summed E-state index contributed by atoms with van der Waals surface area (Å²) in [7, 11) is -3.81. The van der Waals surface area contributed by atoms with Crippen LogP contribution >= 0.6 is 0 Å². The van der Waals surface area contributed by atoms with Crippen LogP contribution in [0.25, 0.3) is 0 Å². The van der Waals surface area contributed by atoms with Gasteiger partial charge in [-0.25, -0.2) is 12.8 Å². The summed E-state index contributed by atoms with van der Waals surface area (Å²) in [5, 5.41) is 9.13. The van der Waals surface area contributed by atoms with Gasteiger partial charge in [0.2, 0.25) is 10.0 Å². The number of nitrogens with zero attached hydrogens (tertiary/aromatic N) is 1. The van der Waals surface area contributed by atoms with Crippen LogP contribution < -0.4 is 4.72 Å². The fourth-order valence-electron chi connectivity index (χ4n) is 1.76. The van der Waals surface area contributed by atoms with Crippen molar-refractivity contribution in [3.8, 4) is 6.07 Å². The molecule has 0 amide bonds. The van der Waals surface area contributed by atoms with Crippen LogP contribution in [-0.2, 0) is 10.0 Å². The molecule has 2 aromatic carbocycles. The van der Waals surface area contributed by atoms with E-state index in [1.54, 1.807) is 12.1 Å². The molecular formula is C15H13FN2O2S. The van der Waals surface area contributed by atoms with Crippen molar-refractivity contribution in [2.45, 2.75) is 17.9 Å². The topological polar surface area (TPSA) is 70.0 Å². The lowest BCUT2D eigenvalue weighted by atomic mass is 10.1. The molecule has 0 saturated heterocycles. The van der Waals surface area contributed by atoms with Gasteiger partial charge in [-0.1, -0.05) is 29.8 Å². The third-order valence-corrected chi connectivity index (χ3v) is 4.38. The summed E-state index contributed by atoms with van der Waals surface area (Å²) in [5.41, 5.74) is 1.32. The van der Waals surface area contributed by atoms with Crippen molar-refractivity contribution in [2.75, 3.05) is 0 Å². The molecule has 0 spiro atoms. The summed E-state index contributed by atoms with van der Waals surface area (Å²) in [6, 6.07) is 12.2. The summed E-state index contributed by atoms with van der Waals surface area (Å²) in [6.45, 7) is 1.85. The largest absolute Gasteiger partial charge is 0.241 e. The molecular weight excluding hydrogens is 291 g/mol. The van der Waals surface area contributed by atoms with Crippen LogP contribution in [0.1, 0.15) is 17.2 Å². The lowest BCUT2D eigenvalue weighted by Crippen LogP contribution is -2.27. The molecule has 1 N–H and O–H groups in total. The Morgan fingerprint density at radius 2 is 1.67 bits per heavy atom. The van der Waals surface area contributed by atoms with E-state index in [-0.39, 0.29) is 4.90 Å². The number of sulfonamides is 1. The van der Waals surface area contributed by atoms with Gasteiger partial charge >= 0.3 is 0 Å². The molecule has 21 heavy (non-hydrogen) atoms. The predicted molar refractivity (Wildman–Crippen MR) is 76.3 cm³/mol. The van der Waals surface area contributed by atoms with Crippen molar-refractivity contribution in [1.29, 1.82) is 5.26 Å². The van der Waals surface area contributed by atoms with Crippen LogP contribution in [0.4, 0.5) is 4.39 Å². The molecule has 4 nitrogen and oxygen atoms in total. The van der Waals surface area contributed by atoms with Crippen molar-refractivity contribution in [3.05, 3.63) is 65.5 Å². The lowest BCUT2D eigenvalue weighted by molar-refractivity contribution is 0.575. The highest BCUT2D eigenvalue weighted by molar-refractivity contribution is 7.89. The van der Waals surface area contributed by atoms with Crippen LogP contribution in [0.3, 0.4) is 0 Å². The van der Waals surface area contributed by atoms with Crippen molar-refractivity contribution in [3.63, 3.8) is 0 Å². The highest BCUT2D eigenvalue weighted by atomic mass is 32.2. The van der Waals surface area contributed by atoms with E-state index in [9.17, 15) is 12.8 Å². The summed E-state index contributed by atoms with van der Waals surface area (Å²) >= 11 is 0. The number of nitrogens with one attached hydrogen (secondary N) is 1. The van der Waals surface area contributed by atoms with Gasteiger partial charge in [-0.2, -0.15) is 9.98 Å². The monoisotopic (exact) mass is 304 g/mol. The Kier molecular flexibility index (Phi) is 4.36. The first-order chi connectivity index (χ1) is 9.92. The maximum absolute atomic E-state index is 12.9. The van der Waals surface area contributed by atoms with Crippen LogP contribution in [0, 0.1) is 24.1 Å². The van der Waals surface area contributed by atoms with Gasteiger partial charge in [0, 0.05) is 0 Å². The molecule has 0 aliphatic carbocycles. The van der Waals surface area contributed by atoms with E-state index in [2.05, 4.69) is 4.72 Å². The zero-order valence-corrected chi connectivity index (χ0v) is 12.1. The summed E-state index contributed by atoms with van der Waals surface area (Å²) in [6.07, 6.45) is 0. The standard InChI is InChI=1S/C15H13FN2O2S/c1-11-2-8-14(9-3-11)21(19,20)18-15(10-17)12-4-6-13(16)7-5-12/h2-9,15,18H,1H3. The van der Waals surface area contributed by atoms with E-state index in [0.29, 0.717) is 5.56 Å². The molecule has 0 heterocycles. The minimum Gasteiger partial charge on any atom is -0.207 e. The molecule has 0 aromatic heterocycles. The Bertz CT molecular complexity index is 763. The number of hydrogen-bond donors (Lipinski definition) is 1. The zero-order chi connectivity index (χ0) is 15.5. The molecule has 0 radical (unpaired) electrons. The quantitative estimate of drug-likeness (QED) is 0.944. The number of halogens is 1. The molecule has 0 fully saturated rings. The zero-order valence-electron chi connectivity index (χ0n) is 11.2. The molecule has 6 heteroatoms. The third kappa shape index (κ3) is 3.66. The van der Waals surface area contributed by atoms with Gasteiger partial charge < -0.3 is 0 Å². The molecule has 0 aliphatic heterocycles. The molecule has 2 rings (SSSR count). The first-order valence-electron chi connectivity index (χ1n) is 6.16. The second kappa shape index (κ2) is 6.04. The SMILES string of the molecule is Cc1ccc(S(=O)(=O)NC(C#N)c2ccc(F)cc2)cc1. The maximum Gasteiger partial charge on any atom is 0.241 e. The molecule has 0 aliphatic rings. The molecule has 0 bridgehead atoms. The highest BCUT2D eigenvalue weighted by Gasteiger charge is 2.21. The highest BCUT2D eigenvalue weighted by Crippen LogP contribution is 2.17. The minimum atomic E-state index is -3.81. The van der Waals surface area contributed by atoms with Gasteiger partial charge in [-0.05, 0) is 36.8 Å². The van der Waals surface area contributed by atoms with E-state index >= 15 is 0 Å². The Morgan fingerprint density at radius 1 is 1.10 bits per heavy atom. The van der Waals surface area contributed by atoms with Gasteiger partial charge in [0.15, 0.2) is 0 Å². The molecule has 1 unspecified atom stereocenters. The van der Waals surface area contributed by atoms with E-state index < -0.39 is 21.9 Å². The maximum atomic E-state index is 12.9. The van der Waals surface area contributed by atoms with Gasteiger partial charge in [-0.3, -0.25) is 0 Å². The lowest BCUT2D eigenvalue weighted by Gasteiger charge is -2.12. The summed E-state index contributed by atoms with van der Waals surface area (Å²) in [4.78, 5) is 0.0791. The van der Waals surface area contributed by atoms with E-state index in [0.717, 1.165) is 5.56 Å². The smallest absolute Gasteiger partial charge is 0.207 e. The summed E-state index contributed by atoms with van der Waals surface area (Å²) in [5.74, 6) is -0.447. The van der Waals surface area contributed by atoms with Crippen molar-refractivity contribution in [1.82, 2.24) is 4.72 Å². The van der Waals surface area contributed by atoms with E-state index in [1.807, 2.05) is 13.0 Å². The second-order valence-electron chi connectivity index (χ2n) is 4.55. The van der Waals surface area contributed by atoms with Crippen LogP contribution in [0.2, 0.25) is 0 Å². The number of hydrogen-bond acceptors (Lipinski definition) is 3. The third-order valence-electron chi connectivity index (χ3n) is 2.94. The molecule has 0 saturated carbocycles. The Balaban J connectivity index is 2.27. The van der Waals surface area contributed by atoms with Crippen molar-refractivity contribution >= 4 is 10.0 Å². The number of aryl methyl sites for hydroxylation is 1. The van der Waals surface area contributed by atoms with Crippen molar-refractivity contribution in [2.24, 2.45) is 0 Å². The summed E-state index contributed by atoms with van der Waals surface area (Å²) < 4.78 is 39.6. The van der Waals surface area contributed by atoms with Gasteiger partial charge in [-0.15, -0.1) is 0 Å². The number of benzene rings is 2. The van der Waals surface area contributed by atoms with Crippen LogP contribution in [0.15, 0.2) is 53.4 Å². The normalized spacial score (nSPS) is 12.6.